The molecule has 0 saturated carbocycles. The second-order valence-corrected chi connectivity index (χ2v) is 4.87. The number of non-ortho nitro benzene ring substituents is 1. The summed E-state index contributed by atoms with van der Waals surface area (Å²) in [5.41, 5.74) is 0.788. The molecule has 1 aliphatic rings. The van der Waals surface area contributed by atoms with E-state index in [4.69, 9.17) is 4.74 Å². The smallest absolute Gasteiger partial charge is 0.313 e. The highest BCUT2D eigenvalue weighted by atomic mass is 16.6. The summed E-state index contributed by atoms with van der Waals surface area (Å²) in [4.78, 5) is 22.3. The van der Waals surface area contributed by atoms with Gasteiger partial charge in [0, 0.05) is 12.1 Å². The van der Waals surface area contributed by atoms with Gasteiger partial charge < -0.3 is 4.74 Å². The van der Waals surface area contributed by atoms with Crippen LogP contribution >= 0.6 is 0 Å². The van der Waals surface area contributed by atoms with Crippen molar-refractivity contribution >= 4 is 11.7 Å². The maximum absolute atomic E-state index is 12.0. The van der Waals surface area contributed by atoms with Crippen LogP contribution in [0.15, 0.2) is 36.4 Å². The zero-order chi connectivity index (χ0) is 14.5. The van der Waals surface area contributed by atoms with Gasteiger partial charge in [-0.1, -0.05) is 24.3 Å². The molecule has 2 atom stereocenters. The van der Waals surface area contributed by atoms with Crippen LogP contribution in [0.2, 0.25) is 0 Å². The van der Waals surface area contributed by atoms with Crippen molar-refractivity contribution in [2.45, 2.75) is 25.2 Å². The van der Waals surface area contributed by atoms with Crippen LogP contribution in [0.4, 0.5) is 5.69 Å². The van der Waals surface area contributed by atoms with Gasteiger partial charge in [0.05, 0.1) is 18.0 Å². The molecule has 0 spiro atoms. The van der Waals surface area contributed by atoms with E-state index in [0.29, 0.717) is 0 Å². The number of esters is 1. The topological polar surface area (TPSA) is 69.4 Å². The Kier molecular flexibility index (Phi) is 4.50. The fraction of sp³-hybridized carbons (Fsp3) is 0.400. The maximum atomic E-state index is 12.0. The molecule has 2 unspecified atom stereocenters. The monoisotopic (exact) mass is 275 g/mol. The average molecular weight is 275 g/mol. The van der Waals surface area contributed by atoms with Crippen LogP contribution < -0.4 is 0 Å². The Hall–Kier alpha value is -2.17. The largest absolute Gasteiger partial charge is 0.469 e. The van der Waals surface area contributed by atoms with E-state index in [1.165, 1.54) is 19.2 Å². The normalized spacial score (nSPS) is 19.4. The molecule has 0 bridgehead atoms. The highest BCUT2D eigenvalue weighted by Gasteiger charge is 2.30. The lowest BCUT2D eigenvalue weighted by Gasteiger charge is -2.25. The second kappa shape index (κ2) is 6.32. The van der Waals surface area contributed by atoms with Crippen LogP contribution in [0.5, 0.6) is 0 Å². The molecule has 5 nitrogen and oxygen atoms in total. The Morgan fingerprint density at radius 1 is 1.40 bits per heavy atom. The lowest BCUT2D eigenvalue weighted by molar-refractivity contribution is -0.384. The Morgan fingerprint density at radius 3 is 2.60 bits per heavy atom. The van der Waals surface area contributed by atoms with Gasteiger partial charge in [0.1, 0.15) is 0 Å². The molecule has 0 fully saturated rings. The fourth-order valence-electron chi connectivity index (χ4n) is 2.60. The Bertz CT molecular complexity index is 521. The molecular weight excluding hydrogens is 258 g/mol. The average Bonchev–Trinajstić information content (AvgIpc) is 2.49. The third kappa shape index (κ3) is 3.04. The van der Waals surface area contributed by atoms with Crippen molar-refractivity contribution in [1.82, 2.24) is 0 Å². The van der Waals surface area contributed by atoms with E-state index in [-0.39, 0.29) is 17.6 Å². The highest BCUT2D eigenvalue weighted by molar-refractivity contribution is 5.79. The second-order valence-electron chi connectivity index (χ2n) is 4.87. The summed E-state index contributed by atoms with van der Waals surface area (Å²) in [6.45, 7) is 0. The van der Waals surface area contributed by atoms with E-state index in [0.717, 1.165) is 24.8 Å². The van der Waals surface area contributed by atoms with Crippen LogP contribution in [0.3, 0.4) is 0 Å². The summed E-state index contributed by atoms with van der Waals surface area (Å²) in [5.74, 6) is -0.592. The number of hydrogen-bond donors (Lipinski definition) is 0. The first-order chi connectivity index (χ1) is 9.63. The van der Waals surface area contributed by atoms with Crippen LogP contribution in [-0.4, -0.2) is 18.0 Å². The zero-order valence-corrected chi connectivity index (χ0v) is 11.3. The van der Waals surface area contributed by atoms with Gasteiger partial charge in [-0.25, -0.2) is 0 Å². The summed E-state index contributed by atoms with van der Waals surface area (Å²) in [6, 6.07) is 6.14. The van der Waals surface area contributed by atoms with E-state index >= 15 is 0 Å². The van der Waals surface area contributed by atoms with E-state index in [9.17, 15) is 14.9 Å². The number of ether oxygens (including phenoxy) is 1. The number of nitro groups is 1. The van der Waals surface area contributed by atoms with E-state index in [2.05, 4.69) is 6.08 Å². The van der Waals surface area contributed by atoms with Crippen LogP contribution in [-0.2, 0) is 9.53 Å². The molecule has 0 aliphatic heterocycles. The minimum atomic E-state index is -0.447. The van der Waals surface area contributed by atoms with Crippen molar-refractivity contribution in [1.29, 1.82) is 0 Å². The van der Waals surface area contributed by atoms with Gasteiger partial charge in [-0.15, -0.1) is 0 Å². The first kappa shape index (κ1) is 14.2. The molecule has 20 heavy (non-hydrogen) atoms. The molecule has 0 radical (unpaired) electrons. The minimum Gasteiger partial charge on any atom is -0.469 e. The molecule has 2 rings (SSSR count). The fourth-order valence-corrected chi connectivity index (χ4v) is 2.60. The van der Waals surface area contributed by atoms with Crippen LogP contribution in [0.25, 0.3) is 0 Å². The molecule has 0 heterocycles. The molecular formula is C15H17NO4. The number of hydrogen-bond acceptors (Lipinski definition) is 4. The van der Waals surface area contributed by atoms with Crippen LogP contribution in [0.1, 0.15) is 30.7 Å². The molecule has 106 valence electrons. The molecule has 1 aromatic rings. The van der Waals surface area contributed by atoms with Gasteiger partial charge >= 0.3 is 5.97 Å². The predicted octanol–water partition coefficient (Wildman–Crippen LogP) is 3.21. The van der Waals surface area contributed by atoms with Gasteiger partial charge in [0.15, 0.2) is 0 Å². The predicted molar refractivity (Wildman–Crippen MR) is 74.3 cm³/mol. The van der Waals surface area contributed by atoms with Crippen molar-refractivity contribution in [3.63, 3.8) is 0 Å². The number of carbonyl (C=O) groups is 1. The first-order valence-corrected chi connectivity index (χ1v) is 6.62. The molecule has 5 heteroatoms. The van der Waals surface area contributed by atoms with Gasteiger partial charge in [0.25, 0.3) is 5.69 Å². The number of carbonyl (C=O) groups excluding carboxylic acids is 1. The number of methoxy groups -OCH3 is 1. The molecule has 1 aromatic carbocycles. The van der Waals surface area contributed by atoms with E-state index in [1.54, 1.807) is 12.1 Å². The van der Waals surface area contributed by atoms with Crippen molar-refractivity contribution in [2.75, 3.05) is 7.11 Å². The summed E-state index contributed by atoms with van der Waals surface area (Å²) in [5, 5.41) is 10.7. The van der Waals surface area contributed by atoms with Gasteiger partial charge in [0.2, 0.25) is 0 Å². The molecule has 0 N–H and O–H groups in total. The lowest BCUT2D eigenvalue weighted by Crippen LogP contribution is -2.23. The quantitative estimate of drug-likeness (QED) is 0.366. The van der Waals surface area contributed by atoms with E-state index in [1.807, 2.05) is 6.08 Å². The molecule has 0 aromatic heterocycles. The van der Waals surface area contributed by atoms with Crippen LogP contribution in [0, 0.1) is 16.0 Å². The summed E-state index contributed by atoms with van der Waals surface area (Å²) in [7, 11) is 1.37. The third-order valence-electron chi connectivity index (χ3n) is 3.64. The number of nitrogens with zero attached hydrogens (tertiary/aromatic N) is 1. The Labute approximate surface area is 117 Å². The number of rotatable bonds is 4. The Morgan fingerprint density at radius 2 is 2.10 bits per heavy atom. The standard InChI is InChI=1S/C15H17NO4/c1-20-15(17)14(11-5-3-2-4-6-11)12-7-9-13(10-8-12)16(18)19/h3,5,7-11,14H,2,4,6H2,1H3. The van der Waals surface area contributed by atoms with Gasteiger partial charge in [-0.05, 0) is 30.7 Å². The van der Waals surface area contributed by atoms with Crippen molar-refractivity contribution in [3.8, 4) is 0 Å². The first-order valence-electron chi connectivity index (χ1n) is 6.62. The summed E-state index contributed by atoms with van der Waals surface area (Å²) in [6.07, 6.45) is 7.13. The number of benzene rings is 1. The molecule has 1 aliphatic carbocycles. The third-order valence-corrected chi connectivity index (χ3v) is 3.64. The van der Waals surface area contributed by atoms with Gasteiger partial charge in [-0.3, -0.25) is 14.9 Å². The van der Waals surface area contributed by atoms with Gasteiger partial charge in [-0.2, -0.15) is 0 Å². The SMILES string of the molecule is COC(=O)C(c1ccc([N+](=O)[O-])cc1)C1C=CCCC1. The zero-order valence-electron chi connectivity index (χ0n) is 11.3. The van der Waals surface area contributed by atoms with Crippen molar-refractivity contribution in [3.05, 3.63) is 52.1 Å². The molecule has 0 amide bonds. The highest BCUT2D eigenvalue weighted by Crippen LogP contribution is 2.34. The summed E-state index contributed by atoms with van der Waals surface area (Å²) >= 11 is 0. The number of nitro benzene ring substituents is 1. The Balaban J connectivity index is 2.30. The van der Waals surface area contributed by atoms with Crippen molar-refractivity contribution < 1.29 is 14.5 Å². The van der Waals surface area contributed by atoms with E-state index < -0.39 is 10.8 Å². The van der Waals surface area contributed by atoms with Crippen molar-refractivity contribution in [2.24, 2.45) is 5.92 Å². The summed E-state index contributed by atoms with van der Waals surface area (Å²) < 4.78 is 4.89. The minimum absolute atomic E-state index is 0.0246. The maximum Gasteiger partial charge on any atom is 0.313 e. The lowest BCUT2D eigenvalue weighted by atomic mass is 9.80. The molecule has 0 saturated heterocycles. The number of allylic oxidation sites excluding steroid dienone is 2.